The minimum atomic E-state index is -0.515. The summed E-state index contributed by atoms with van der Waals surface area (Å²) in [5.41, 5.74) is 0.0749. The SMILES string of the molecule is CCCC(NC(=O)c1ccc(Br)cc1F)c1cccs1. The van der Waals surface area contributed by atoms with Crippen molar-refractivity contribution < 1.29 is 9.18 Å². The lowest BCUT2D eigenvalue weighted by atomic mass is 10.1. The monoisotopic (exact) mass is 355 g/mol. The molecule has 0 spiro atoms. The van der Waals surface area contributed by atoms with Crippen LogP contribution in [0.1, 0.15) is 41.0 Å². The third-order valence-corrected chi connectivity index (χ3v) is 4.42. The maximum atomic E-state index is 13.8. The smallest absolute Gasteiger partial charge is 0.254 e. The van der Waals surface area contributed by atoms with Gasteiger partial charge in [0, 0.05) is 9.35 Å². The summed E-state index contributed by atoms with van der Waals surface area (Å²) < 4.78 is 14.4. The van der Waals surface area contributed by atoms with E-state index in [1.807, 2.05) is 17.5 Å². The number of hydrogen-bond donors (Lipinski definition) is 1. The Bertz CT molecular complexity index is 586. The molecule has 1 aromatic carbocycles. The quantitative estimate of drug-likeness (QED) is 0.809. The average Bonchev–Trinajstić information content (AvgIpc) is 2.91. The lowest BCUT2D eigenvalue weighted by Gasteiger charge is -2.17. The summed E-state index contributed by atoms with van der Waals surface area (Å²) in [4.78, 5) is 13.3. The minimum Gasteiger partial charge on any atom is -0.344 e. The van der Waals surface area contributed by atoms with Crippen LogP contribution in [0.5, 0.6) is 0 Å². The van der Waals surface area contributed by atoms with Crippen LogP contribution >= 0.6 is 27.3 Å². The standard InChI is InChI=1S/C15H15BrFNOS/c1-2-4-13(14-5-3-8-20-14)18-15(19)11-7-6-10(16)9-12(11)17/h3,5-9,13H,2,4H2,1H3,(H,18,19). The van der Waals surface area contributed by atoms with Gasteiger partial charge in [-0.3, -0.25) is 4.79 Å². The van der Waals surface area contributed by atoms with Gasteiger partial charge in [0.1, 0.15) is 5.82 Å². The Morgan fingerprint density at radius 1 is 1.45 bits per heavy atom. The fourth-order valence-corrected chi connectivity index (χ4v) is 3.12. The van der Waals surface area contributed by atoms with Crippen molar-refractivity contribution in [2.45, 2.75) is 25.8 Å². The molecule has 0 saturated heterocycles. The summed E-state index contributed by atoms with van der Waals surface area (Å²) >= 11 is 4.78. The zero-order valence-corrected chi connectivity index (χ0v) is 13.4. The molecule has 1 amide bonds. The van der Waals surface area contributed by atoms with Gasteiger partial charge in [0.15, 0.2) is 0 Å². The molecule has 1 heterocycles. The van der Waals surface area contributed by atoms with Crippen LogP contribution in [0, 0.1) is 5.82 Å². The average molecular weight is 356 g/mol. The lowest BCUT2D eigenvalue weighted by Crippen LogP contribution is -2.28. The van der Waals surface area contributed by atoms with Gasteiger partial charge in [-0.05, 0) is 36.1 Å². The van der Waals surface area contributed by atoms with Gasteiger partial charge in [0.05, 0.1) is 11.6 Å². The molecular weight excluding hydrogens is 341 g/mol. The van der Waals surface area contributed by atoms with Crippen LogP contribution in [0.4, 0.5) is 4.39 Å². The van der Waals surface area contributed by atoms with Gasteiger partial charge in [-0.15, -0.1) is 11.3 Å². The second-order valence-electron chi connectivity index (χ2n) is 4.45. The topological polar surface area (TPSA) is 29.1 Å². The second kappa shape index (κ2) is 6.99. The number of rotatable bonds is 5. The molecule has 1 atom stereocenters. The predicted molar refractivity (Wildman–Crippen MR) is 83.5 cm³/mol. The van der Waals surface area contributed by atoms with Crippen molar-refractivity contribution in [3.63, 3.8) is 0 Å². The Labute approximate surface area is 130 Å². The van der Waals surface area contributed by atoms with E-state index in [2.05, 4.69) is 28.2 Å². The minimum absolute atomic E-state index is 0.0597. The van der Waals surface area contributed by atoms with Crippen molar-refractivity contribution in [2.75, 3.05) is 0 Å². The zero-order chi connectivity index (χ0) is 14.5. The first-order chi connectivity index (χ1) is 9.61. The Morgan fingerprint density at radius 3 is 2.85 bits per heavy atom. The van der Waals surface area contributed by atoms with Crippen molar-refractivity contribution in [3.8, 4) is 0 Å². The molecule has 0 aliphatic heterocycles. The molecule has 1 N–H and O–H groups in total. The van der Waals surface area contributed by atoms with E-state index in [0.717, 1.165) is 17.7 Å². The van der Waals surface area contributed by atoms with Crippen LogP contribution in [0.15, 0.2) is 40.2 Å². The molecular formula is C15H15BrFNOS. The van der Waals surface area contributed by atoms with Gasteiger partial charge in [-0.1, -0.05) is 35.3 Å². The lowest BCUT2D eigenvalue weighted by molar-refractivity contribution is 0.0931. The number of carbonyl (C=O) groups is 1. The van der Waals surface area contributed by atoms with Crippen LogP contribution < -0.4 is 5.32 Å². The summed E-state index contributed by atoms with van der Waals surface area (Å²) in [6.45, 7) is 2.06. The van der Waals surface area contributed by atoms with Crippen LogP contribution in [0.25, 0.3) is 0 Å². The van der Waals surface area contributed by atoms with Crippen molar-refractivity contribution in [2.24, 2.45) is 0 Å². The largest absolute Gasteiger partial charge is 0.344 e. The Hall–Kier alpha value is -1.20. The Morgan fingerprint density at radius 2 is 2.25 bits per heavy atom. The van der Waals surface area contributed by atoms with Gasteiger partial charge in [0.2, 0.25) is 0 Å². The first-order valence-corrected chi connectivity index (χ1v) is 8.08. The van der Waals surface area contributed by atoms with Crippen molar-refractivity contribution in [3.05, 3.63) is 56.4 Å². The fraction of sp³-hybridized carbons (Fsp3) is 0.267. The number of halogens is 2. The number of thiophene rings is 1. The summed E-state index contributed by atoms with van der Waals surface area (Å²) in [6.07, 6.45) is 1.79. The van der Waals surface area contributed by atoms with Gasteiger partial charge in [-0.2, -0.15) is 0 Å². The van der Waals surface area contributed by atoms with Gasteiger partial charge < -0.3 is 5.32 Å². The predicted octanol–water partition coefficient (Wildman–Crippen LogP) is 4.92. The van der Waals surface area contributed by atoms with E-state index in [9.17, 15) is 9.18 Å². The van der Waals surface area contributed by atoms with E-state index in [1.165, 1.54) is 12.1 Å². The molecule has 0 fully saturated rings. The molecule has 1 unspecified atom stereocenters. The molecule has 0 aliphatic carbocycles. The Balaban J connectivity index is 2.16. The highest BCUT2D eigenvalue weighted by Gasteiger charge is 2.18. The van der Waals surface area contributed by atoms with E-state index >= 15 is 0 Å². The first-order valence-electron chi connectivity index (χ1n) is 6.41. The van der Waals surface area contributed by atoms with E-state index in [0.29, 0.717) is 4.47 Å². The molecule has 20 heavy (non-hydrogen) atoms. The third kappa shape index (κ3) is 3.67. The fourth-order valence-electron chi connectivity index (χ4n) is 1.97. The number of amides is 1. The maximum Gasteiger partial charge on any atom is 0.254 e. The van der Waals surface area contributed by atoms with Crippen molar-refractivity contribution in [1.82, 2.24) is 5.32 Å². The van der Waals surface area contributed by atoms with E-state index in [-0.39, 0.29) is 17.5 Å². The van der Waals surface area contributed by atoms with E-state index in [1.54, 1.807) is 17.4 Å². The molecule has 106 valence electrons. The molecule has 2 nitrogen and oxygen atoms in total. The molecule has 0 aliphatic rings. The molecule has 5 heteroatoms. The molecule has 0 saturated carbocycles. The number of benzene rings is 1. The zero-order valence-electron chi connectivity index (χ0n) is 11.0. The molecule has 0 bridgehead atoms. The number of carbonyl (C=O) groups excluding carboxylic acids is 1. The van der Waals surface area contributed by atoms with Crippen molar-refractivity contribution in [1.29, 1.82) is 0 Å². The van der Waals surface area contributed by atoms with Crippen molar-refractivity contribution >= 4 is 33.2 Å². The highest BCUT2D eigenvalue weighted by Crippen LogP contribution is 2.24. The van der Waals surface area contributed by atoms with Gasteiger partial charge in [0.25, 0.3) is 5.91 Å². The number of nitrogens with one attached hydrogen (secondary N) is 1. The first kappa shape index (κ1) is 15.2. The van der Waals surface area contributed by atoms with E-state index in [4.69, 9.17) is 0 Å². The summed E-state index contributed by atoms with van der Waals surface area (Å²) in [5.74, 6) is -0.889. The van der Waals surface area contributed by atoms with Crippen LogP contribution in [0.3, 0.4) is 0 Å². The molecule has 2 rings (SSSR count). The van der Waals surface area contributed by atoms with Crippen LogP contribution in [-0.2, 0) is 0 Å². The normalized spacial score (nSPS) is 12.2. The van der Waals surface area contributed by atoms with E-state index < -0.39 is 5.82 Å². The van der Waals surface area contributed by atoms with Gasteiger partial charge >= 0.3 is 0 Å². The second-order valence-corrected chi connectivity index (χ2v) is 6.35. The molecule has 0 radical (unpaired) electrons. The summed E-state index contributed by atoms with van der Waals surface area (Å²) in [7, 11) is 0. The summed E-state index contributed by atoms with van der Waals surface area (Å²) in [6, 6.07) is 8.34. The summed E-state index contributed by atoms with van der Waals surface area (Å²) in [5, 5.41) is 4.89. The molecule has 2 aromatic rings. The number of hydrogen-bond acceptors (Lipinski definition) is 2. The Kier molecular flexibility index (Phi) is 5.31. The van der Waals surface area contributed by atoms with Crippen LogP contribution in [0.2, 0.25) is 0 Å². The highest BCUT2D eigenvalue weighted by molar-refractivity contribution is 9.10. The van der Waals surface area contributed by atoms with Gasteiger partial charge in [-0.25, -0.2) is 4.39 Å². The maximum absolute atomic E-state index is 13.8. The highest BCUT2D eigenvalue weighted by atomic mass is 79.9. The third-order valence-electron chi connectivity index (χ3n) is 2.95. The van der Waals surface area contributed by atoms with Crippen LogP contribution in [-0.4, -0.2) is 5.91 Å². The molecule has 1 aromatic heterocycles.